The molecule has 0 saturated heterocycles. The lowest BCUT2D eigenvalue weighted by Gasteiger charge is -2.08. The molecule has 2 aromatic rings. The fourth-order valence-corrected chi connectivity index (χ4v) is 2.57. The van der Waals surface area contributed by atoms with Gasteiger partial charge in [0.25, 0.3) is 0 Å². The summed E-state index contributed by atoms with van der Waals surface area (Å²) in [5, 5.41) is 9.61. The molecule has 1 aromatic carbocycles. The van der Waals surface area contributed by atoms with Crippen LogP contribution >= 0.6 is 11.3 Å². The minimum atomic E-state index is -0.338. The standard InChI is InChI=1S/C16H17N3O3S/c1-17-16(22)19-12-5-2-4-11(10-12)18-15(21)8-7-13(20)14-6-3-9-23-14/h2-6,9-10H,7-8H2,1H3,(H,18,21)(H2,17,19,22). The van der Waals surface area contributed by atoms with Gasteiger partial charge in [-0.3, -0.25) is 9.59 Å². The third kappa shape index (κ3) is 5.23. The van der Waals surface area contributed by atoms with Gasteiger partial charge in [-0.15, -0.1) is 11.3 Å². The van der Waals surface area contributed by atoms with E-state index in [1.807, 2.05) is 11.4 Å². The molecule has 0 radical (unpaired) electrons. The minimum absolute atomic E-state index is 0.0369. The number of hydrogen-bond acceptors (Lipinski definition) is 4. The summed E-state index contributed by atoms with van der Waals surface area (Å²) in [6.07, 6.45) is 0.284. The van der Waals surface area contributed by atoms with Gasteiger partial charge < -0.3 is 16.0 Å². The predicted molar refractivity (Wildman–Crippen MR) is 91.0 cm³/mol. The Kier molecular flexibility index (Phi) is 5.87. The molecule has 0 saturated carbocycles. The summed E-state index contributed by atoms with van der Waals surface area (Å²) in [5.41, 5.74) is 1.13. The van der Waals surface area contributed by atoms with Crippen molar-refractivity contribution in [1.29, 1.82) is 0 Å². The number of urea groups is 1. The fourth-order valence-electron chi connectivity index (χ4n) is 1.88. The third-order valence-corrected chi connectivity index (χ3v) is 3.92. The third-order valence-electron chi connectivity index (χ3n) is 3.01. The van der Waals surface area contributed by atoms with Crippen molar-refractivity contribution in [2.45, 2.75) is 12.8 Å². The zero-order valence-corrected chi connectivity index (χ0v) is 13.4. The molecule has 0 atom stereocenters. The lowest BCUT2D eigenvalue weighted by atomic mass is 10.2. The van der Waals surface area contributed by atoms with Gasteiger partial charge in [0.15, 0.2) is 5.78 Å². The summed E-state index contributed by atoms with van der Waals surface area (Å²) in [5.74, 6) is -0.280. The molecular weight excluding hydrogens is 314 g/mol. The van der Waals surface area contributed by atoms with E-state index in [1.165, 1.54) is 18.4 Å². The average Bonchev–Trinajstić information content (AvgIpc) is 3.07. The van der Waals surface area contributed by atoms with E-state index >= 15 is 0 Å². The molecule has 0 spiro atoms. The lowest BCUT2D eigenvalue weighted by molar-refractivity contribution is -0.116. The SMILES string of the molecule is CNC(=O)Nc1cccc(NC(=O)CCC(=O)c2cccs2)c1. The monoisotopic (exact) mass is 331 g/mol. The van der Waals surface area contributed by atoms with Crippen molar-refractivity contribution in [2.24, 2.45) is 0 Å². The van der Waals surface area contributed by atoms with Crippen molar-refractivity contribution in [1.82, 2.24) is 5.32 Å². The van der Waals surface area contributed by atoms with Crippen molar-refractivity contribution >= 4 is 40.4 Å². The van der Waals surface area contributed by atoms with Gasteiger partial charge in [0, 0.05) is 31.3 Å². The van der Waals surface area contributed by atoms with Gasteiger partial charge in [-0.25, -0.2) is 4.79 Å². The summed E-state index contributed by atoms with van der Waals surface area (Å²) in [6, 6.07) is 10.0. The Bertz CT molecular complexity index is 698. The molecule has 0 unspecified atom stereocenters. The number of thiophene rings is 1. The first-order valence-corrected chi connectivity index (χ1v) is 7.92. The van der Waals surface area contributed by atoms with Crippen molar-refractivity contribution in [3.05, 3.63) is 46.7 Å². The van der Waals surface area contributed by atoms with Gasteiger partial charge in [-0.1, -0.05) is 12.1 Å². The average molecular weight is 331 g/mol. The molecule has 6 nitrogen and oxygen atoms in total. The molecule has 3 amide bonds. The summed E-state index contributed by atoms with van der Waals surface area (Å²) in [4.78, 5) is 35.7. The number of ketones is 1. The predicted octanol–water partition coefficient (Wildman–Crippen LogP) is 3.10. The second-order valence-corrected chi connectivity index (χ2v) is 5.68. The highest BCUT2D eigenvalue weighted by Gasteiger charge is 2.10. The highest BCUT2D eigenvalue weighted by atomic mass is 32.1. The second-order valence-electron chi connectivity index (χ2n) is 4.73. The van der Waals surface area contributed by atoms with E-state index in [0.717, 1.165) is 0 Å². The molecule has 0 aliphatic rings. The highest BCUT2D eigenvalue weighted by molar-refractivity contribution is 7.12. The molecule has 0 bridgehead atoms. The van der Waals surface area contributed by atoms with Crippen LogP contribution in [0.5, 0.6) is 0 Å². The zero-order valence-electron chi connectivity index (χ0n) is 12.6. The second kappa shape index (κ2) is 8.09. The van der Waals surface area contributed by atoms with Crippen molar-refractivity contribution in [3.63, 3.8) is 0 Å². The Morgan fingerprint density at radius 3 is 2.39 bits per heavy atom. The largest absolute Gasteiger partial charge is 0.341 e. The number of hydrogen-bond donors (Lipinski definition) is 3. The minimum Gasteiger partial charge on any atom is -0.341 e. The van der Waals surface area contributed by atoms with Crippen LogP contribution < -0.4 is 16.0 Å². The number of carbonyl (C=O) groups is 3. The van der Waals surface area contributed by atoms with E-state index in [4.69, 9.17) is 0 Å². The van der Waals surface area contributed by atoms with Crippen LogP contribution in [0.2, 0.25) is 0 Å². The van der Waals surface area contributed by atoms with E-state index in [-0.39, 0.29) is 30.6 Å². The molecule has 3 N–H and O–H groups in total. The number of amides is 3. The molecule has 7 heteroatoms. The summed E-state index contributed by atoms with van der Waals surface area (Å²) < 4.78 is 0. The van der Waals surface area contributed by atoms with Crippen LogP contribution in [0.1, 0.15) is 22.5 Å². The molecule has 1 heterocycles. The van der Waals surface area contributed by atoms with E-state index in [9.17, 15) is 14.4 Å². The van der Waals surface area contributed by atoms with Crippen LogP contribution in [0.15, 0.2) is 41.8 Å². The topological polar surface area (TPSA) is 87.3 Å². The number of rotatable bonds is 6. The maximum Gasteiger partial charge on any atom is 0.318 e. The van der Waals surface area contributed by atoms with Gasteiger partial charge in [0.1, 0.15) is 0 Å². The summed E-state index contributed by atoms with van der Waals surface area (Å²) >= 11 is 1.37. The van der Waals surface area contributed by atoms with Crippen LogP contribution in [0, 0.1) is 0 Å². The fraction of sp³-hybridized carbons (Fsp3) is 0.188. The first-order valence-electron chi connectivity index (χ1n) is 7.04. The molecule has 2 rings (SSSR count). The van der Waals surface area contributed by atoms with Crippen LogP contribution in [0.3, 0.4) is 0 Å². The maximum absolute atomic E-state index is 11.9. The molecule has 0 fully saturated rings. The maximum atomic E-state index is 11.9. The first-order chi connectivity index (χ1) is 11.1. The van der Waals surface area contributed by atoms with Gasteiger partial charge in [0.05, 0.1) is 4.88 Å². The number of anilines is 2. The van der Waals surface area contributed by atoms with Crippen molar-refractivity contribution < 1.29 is 14.4 Å². The number of benzene rings is 1. The molecule has 23 heavy (non-hydrogen) atoms. The lowest BCUT2D eigenvalue weighted by Crippen LogP contribution is -2.24. The van der Waals surface area contributed by atoms with Crippen LogP contribution in [-0.4, -0.2) is 24.8 Å². The Balaban J connectivity index is 1.86. The zero-order chi connectivity index (χ0) is 16.7. The number of Topliss-reactive ketones (excluding diaryl/α,β-unsaturated/α-hetero) is 1. The van der Waals surface area contributed by atoms with Gasteiger partial charge in [-0.05, 0) is 29.6 Å². The number of carbonyl (C=O) groups excluding carboxylic acids is 3. The first kappa shape index (κ1) is 16.7. The van der Waals surface area contributed by atoms with E-state index in [0.29, 0.717) is 16.3 Å². The van der Waals surface area contributed by atoms with E-state index in [1.54, 1.807) is 30.3 Å². The van der Waals surface area contributed by atoms with Gasteiger partial charge in [0.2, 0.25) is 5.91 Å². The Morgan fingerprint density at radius 2 is 1.74 bits per heavy atom. The molecule has 0 aliphatic carbocycles. The number of nitrogens with one attached hydrogen (secondary N) is 3. The molecular formula is C16H17N3O3S. The van der Waals surface area contributed by atoms with Crippen LogP contribution in [0.4, 0.5) is 16.2 Å². The van der Waals surface area contributed by atoms with Crippen molar-refractivity contribution in [2.75, 3.05) is 17.7 Å². The summed E-state index contributed by atoms with van der Waals surface area (Å²) in [7, 11) is 1.52. The van der Waals surface area contributed by atoms with Crippen LogP contribution in [-0.2, 0) is 4.79 Å². The quantitative estimate of drug-likeness (QED) is 0.711. The molecule has 120 valence electrons. The smallest absolute Gasteiger partial charge is 0.318 e. The summed E-state index contributed by atoms with van der Waals surface area (Å²) in [6.45, 7) is 0. The Morgan fingerprint density at radius 1 is 1.00 bits per heavy atom. The molecule has 1 aromatic heterocycles. The highest BCUT2D eigenvalue weighted by Crippen LogP contribution is 2.16. The van der Waals surface area contributed by atoms with Gasteiger partial charge >= 0.3 is 6.03 Å². The van der Waals surface area contributed by atoms with E-state index < -0.39 is 0 Å². The van der Waals surface area contributed by atoms with Crippen molar-refractivity contribution in [3.8, 4) is 0 Å². The van der Waals surface area contributed by atoms with Gasteiger partial charge in [-0.2, -0.15) is 0 Å². The Hall–Kier alpha value is -2.67. The Labute approximate surface area is 137 Å². The van der Waals surface area contributed by atoms with Crippen LogP contribution in [0.25, 0.3) is 0 Å². The molecule has 0 aliphatic heterocycles. The van der Waals surface area contributed by atoms with E-state index in [2.05, 4.69) is 16.0 Å². The normalized spacial score (nSPS) is 9.96.